The summed E-state index contributed by atoms with van der Waals surface area (Å²) in [6, 6.07) is 3.77. The summed E-state index contributed by atoms with van der Waals surface area (Å²) in [5, 5.41) is 8.80. The predicted octanol–water partition coefficient (Wildman–Crippen LogP) is 1.91. The van der Waals surface area contributed by atoms with Crippen LogP contribution in [0.1, 0.15) is 0 Å². The van der Waals surface area contributed by atoms with Gasteiger partial charge in [-0.1, -0.05) is 11.6 Å². The van der Waals surface area contributed by atoms with Crippen LogP contribution in [0.25, 0.3) is 16.8 Å². The third kappa shape index (κ3) is 2.00. The number of hydrogen-bond donors (Lipinski definition) is 0. The topological polar surface area (TPSA) is 59.2 Å². The average Bonchev–Trinajstić information content (AvgIpc) is 2.83. The molecule has 19 heavy (non-hydrogen) atoms. The molecule has 0 saturated heterocycles. The molecule has 3 aromatic heterocycles. The van der Waals surface area contributed by atoms with Crippen LogP contribution in [0.3, 0.4) is 0 Å². The Labute approximate surface area is 114 Å². The molecule has 0 aliphatic rings. The van der Waals surface area contributed by atoms with E-state index in [9.17, 15) is 0 Å². The lowest BCUT2D eigenvalue weighted by Gasteiger charge is -2.11. The number of rotatable bonds is 2. The van der Waals surface area contributed by atoms with Gasteiger partial charge in [0.05, 0.1) is 28.6 Å². The molecule has 0 N–H and O–H groups in total. The summed E-state index contributed by atoms with van der Waals surface area (Å²) in [4.78, 5) is 10.5. The lowest BCUT2D eigenvalue weighted by atomic mass is 10.2. The first kappa shape index (κ1) is 11.9. The van der Waals surface area contributed by atoms with E-state index in [-0.39, 0.29) is 0 Å². The molecule has 96 valence electrons. The Bertz CT molecular complexity index is 736. The number of fused-ring (bicyclic) bond motifs is 1. The molecule has 0 unspecified atom stereocenters. The van der Waals surface area contributed by atoms with Crippen LogP contribution in [0.5, 0.6) is 0 Å². The van der Waals surface area contributed by atoms with E-state index in [1.807, 2.05) is 31.1 Å². The Morgan fingerprint density at radius 3 is 2.84 bits per heavy atom. The fraction of sp³-hybridized carbons (Fsp3) is 0.167. The van der Waals surface area contributed by atoms with Gasteiger partial charge in [0.2, 0.25) is 5.95 Å². The van der Waals surface area contributed by atoms with Gasteiger partial charge in [-0.3, -0.25) is 0 Å². The number of anilines is 1. The van der Waals surface area contributed by atoms with Crippen molar-refractivity contribution in [1.29, 1.82) is 0 Å². The van der Waals surface area contributed by atoms with Crippen LogP contribution in [-0.4, -0.2) is 38.9 Å². The highest BCUT2D eigenvalue weighted by Crippen LogP contribution is 2.29. The van der Waals surface area contributed by atoms with E-state index in [1.165, 1.54) is 0 Å². The number of aromatic nitrogens is 5. The van der Waals surface area contributed by atoms with Crippen LogP contribution in [0.2, 0.25) is 5.02 Å². The SMILES string of the molecule is CN(C)c1ncc(Cl)c(-c2cnn3ncccc23)n1. The molecule has 0 fully saturated rings. The molecule has 6 nitrogen and oxygen atoms in total. The molecule has 0 aromatic carbocycles. The molecule has 0 atom stereocenters. The van der Waals surface area contributed by atoms with Crippen LogP contribution in [-0.2, 0) is 0 Å². The smallest absolute Gasteiger partial charge is 0.225 e. The Hall–Kier alpha value is -2.21. The molecular formula is C12H11ClN6. The largest absolute Gasteiger partial charge is 0.347 e. The summed E-state index contributed by atoms with van der Waals surface area (Å²) >= 11 is 6.19. The van der Waals surface area contributed by atoms with Crippen molar-refractivity contribution in [1.82, 2.24) is 24.8 Å². The van der Waals surface area contributed by atoms with E-state index >= 15 is 0 Å². The lowest BCUT2D eigenvalue weighted by molar-refractivity contribution is 0.800. The second kappa shape index (κ2) is 4.47. The van der Waals surface area contributed by atoms with E-state index in [4.69, 9.17) is 11.6 Å². The van der Waals surface area contributed by atoms with Crippen molar-refractivity contribution in [2.24, 2.45) is 0 Å². The van der Waals surface area contributed by atoms with Gasteiger partial charge < -0.3 is 4.90 Å². The van der Waals surface area contributed by atoms with Gasteiger partial charge in [0, 0.05) is 25.9 Å². The summed E-state index contributed by atoms with van der Waals surface area (Å²) < 4.78 is 1.54. The highest BCUT2D eigenvalue weighted by Gasteiger charge is 2.14. The van der Waals surface area contributed by atoms with E-state index in [1.54, 1.807) is 23.2 Å². The van der Waals surface area contributed by atoms with E-state index in [0.29, 0.717) is 16.7 Å². The van der Waals surface area contributed by atoms with Crippen molar-refractivity contribution in [3.05, 3.63) is 35.7 Å². The fourth-order valence-electron chi connectivity index (χ4n) is 1.78. The monoisotopic (exact) mass is 274 g/mol. The molecule has 0 aliphatic carbocycles. The minimum Gasteiger partial charge on any atom is -0.347 e. The Morgan fingerprint density at radius 2 is 2.05 bits per heavy atom. The van der Waals surface area contributed by atoms with Crippen molar-refractivity contribution in [2.45, 2.75) is 0 Å². The molecule has 3 heterocycles. The van der Waals surface area contributed by atoms with E-state index in [0.717, 1.165) is 11.1 Å². The first-order valence-corrected chi connectivity index (χ1v) is 6.04. The second-order valence-corrected chi connectivity index (χ2v) is 4.62. The van der Waals surface area contributed by atoms with E-state index in [2.05, 4.69) is 20.2 Å². The predicted molar refractivity (Wildman–Crippen MR) is 73.4 cm³/mol. The molecule has 7 heteroatoms. The summed E-state index contributed by atoms with van der Waals surface area (Å²) in [6.07, 6.45) is 4.98. The summed E-state index contributed by atoms with van der Waals surface area (Å²) in [5.41, 5.74) is 2.35. The zero-order valence-electron chi connectivity index (χ0n) is 10.4. The fourth-order valence-corrected chi connectivity index (χ4v) is 1.97. The van der Waals surface area contributed by atoms with Gasteiger partial charge >= 0.3 is 0 Å². The molecule has 0 saturated carbocycles. The number of halogens is 1. The maximum atomic E-state index is 6.19. The highest BCUT2D eigenvalue weighted by atomic mass is 35.5. The molecule has 0 radical (unpaired) electrons. The van der Waals surface area contributed by atoms with Crippen molar-refractivity contribution < 1.29 is 0 Å². The van der Waals surface area contributed by atoms with Gasteiger partial charge in [-0.15, -0.1) is 0 Å². The normalized spacial score (nSPS) is 10.9. The molecule has 0 aliphatic heterocycles. The standard InChI is InChI=1S/C12H11ClN6/c1-18(2)12-14-7-9(13)11(17-12)8-6-16-19-10(8)4-3-5-15-19/h3-7H,1-2H3. The second-order valence-electron chi connectivity index (χ2n) is 4.22. The van der Waals surface area contributed by atoms with Crippen LogP contribution in [0.15, 0.2) is 30.7 Å². The van der Waals surface area contributed by atoms with Crippen LogP contribution in [0.4, 0.5) is 5.95 Å². The first-order valence-electron chi connectivity index (χ1n) is 5.66. The first-order chi connectivity index (χ1) is 9.16. The van der Waals surface area contributed by atoms with Crippen molar-refractivity contribution in [2.75, 3.05) is 19.0 Å². The highest BCUT2D eigenvalue weighted by molar-refractivity contribution is 6.33. The summed E-state index contributed by atoms with van der Waals surface area (Å²) in [6.45, 7) is 0. The van der Waals surface area contributed by atoms with Crippen molar-refractivity contribution in [3.63, 3.8) is 0 Å². The van der Waals surface area contributed by atoms with Crippen LogP contribution < -0.4 is 4.90 Å². The molecule has 0 amide bonds. The van der Waals surface area contributed by atoms with Gasteiger partial charge in [0.1, 0.15) is 0 Å². The summed E-state index contributed by atoms with van der Waals surface area (Å²) in [5.74, 6) is 0.600. The van der Waals surface area contributed by atoms with Crippen LogP contribution in [0, 0.1) is 0 Å². The van der Waals surface area contributed by atoms with Gasteiger partial charge in [-0.2, -0.15) is 14.8 Å². The van der Waals surface area contributed by atoms with Crippen molar-refractivity contribution in [3.8, 4) is 11.3 Å². The van der Waals surface area contributed by atoms with Gasteiger partial charge in [0.15, 0.2) is 0 Å². The maximum Gasteiger partial charge on any atom is 0.225 e. The average molecular weight is 275 g/mol. The minimum absolute atomic E-state index is 0.490. The lowest BCUT2D eigenvalue weighted by Crippen LogP contribution is -2.12. The molecule has 3 rings (SSSR count). The van der Waals surface area contributed by atoms with Gasteiger partial charge in [-0.05, 0) is 12.1 Å². The Balaban J connectivity index is 2.23. The summed E-state index contributed by atoms with van der Waals surface area (Å²) in [7, 11) is 3.76. The molecular weight excluding hydrogens is 264 g/mol. The third-order valence-corrected chi connectivity index (χ3v) is 2.97. The molecule has 3 aromatic rings. The van der Waals surface area contributed by atoms with E-state index < -0.39 is 0 Å². The quantitative estimate of drug-likeness (QED) is 0.714. The number of nitrogens with zero attached hydrogens (tertiary/aromatic N) is 6. The van der Waals surface area contributed by atoms with Crippen molar-refractivity contribution >= 4 is 23.1 Å². The zero-order valence-corrected chi connectivity index (χ0v) is 11.2. The Kier molecular flexibility index (Phi) is 2.79. The number of hydrogen-bond acceptors (Lipinski definition) is 5. The van der Waals surface area contributed by atoms with Gasteiger partial charge in [-0.25, -0.2) is 9.97 Å². The van der Waals surface area contributed by atoms with Crippen LogP contribution >= 0.6 is 11.6 Å². The minimum atomic E-state index is 0.490. The third-order valence-electron chi connectivity index (χ3n) is 2.69. The Morgan fingerprint density at radius 1 is 1.21 bits per heavy atom. The maximum absolute atomic E-state index is 6.19. The zero-order chi connectivity index (χ0) is 13.4. The van der Waals surface area contributed by atoms with Gasteiger partial charge in [0.25, 0.3) is 0 Å². The molecule has 0 spiro atoms. The molecule has 0 bridgehead atoms.